The smallest absolute Gasteiger partial charge is 0.306 e. The van der Waals surface area contributed by atoms with E-state index in [0.29, 0.717) is 12.8 Å². The molecule has 0 heterocycles. The van der Waals surface area contributed by atoms with Crippen molar-refractivity contribution in [1.29, 1.82) is 0 Å². The summed E-state index contributed by atoms with van der Waals surface area (Å²) in [5, 5.41) is 19.1. The van der Waals surface area contributed by atoms with Crippen LogP contribution in [0.4, 0.5) is 0 Å². The second-order valence-electron chi connectivity index (χ2n) is 8.25. The van der Waals surface area contributed by atoms with E-state index in [1.807, 2.05) is 41.5 Å². The number of hydrogen-bond acceptors (Lipinski definition) is 2. The predicted octanol–water partition coefficient (Wildman–Crippen LogP) is 3.51. The molecule has 1 fully saturated rings. The van der Waals surface area contributed by atoms with Crippen molar-refractivity contribution in [1.82, 2.24) is 0 Å². The minimum Gasteiger partial charge on any atom is -0.481 e. The molecule has 4 nitrogen and oxygen atoms in total. The van der Waals surface area contributed by atoms with Gasteiger partial charge in [0, 0.05) is 0 Å². The summed E-state index contributed by atoms with van der Waals surface area (Å²) in [5.41, 5.74) is -0.454. The van der Waals surface area contributed by atoms with E-state index in [9.17, 15) is 19.8 Å². The van der Waals surface area contributed by atoms with Crippen molar-refractivity contribution in [3.63, 3.8) is 0 Å². The van der Waals surface area contributed by atoms with E-state index in [0.717, 1.165) is 0 Å². The Morgan fingerprint density at radius 1 is 0.750 bits per heavy atom. The molecule has 0 aromatic carbocycles. The highest BCUT2D eigenvalue weighted by molar-refractivity contribution is 5.74. The fourth-order valence-electron chi connectivity index (χ4n) is 4.06. The Morgan fingerprint density at radius 2 is 1.00 bits per heavy atom. The lowest BCUT2D eigenvalue weighted by atomic mass is 9.52. The quantitative estimate of drug-likeness (QED) is 0.813. The molecule has 0 bridgehead atoms. The van der Waals surface area contributed by atoms with Gasteiger partial charge in [-0.3, -0.25) is 9.59 Å². The minimum absolute atomic E-state index is 0.130. The van der Waals surface area contributed by atoms with Crippen LogP contribution in [0.1, 0.15) is 54.4 Å². The van der Waals surface area contributed by atoms with E-state index < -0.39 is 23.8 Å². The van der Waals surface area contributed by atoms with Crippen LogP contribution in [0.2, 0.25) is 0 Å². The number of carboxylic acids is 2. The van der Waals surface area contributed by atoms with Crippen LogP contribution in [0.15, 0.2) is 0 Å². The Labute approximate surface area is 121 Å². The van der Waals surface area contributed by atoms with E-state index in [1.165, 1.54) is 0 Å². The normalized spacial score (nSPS) is 31.9. The zero-order valence-corrected chi connectivity index (χ0v) is 13.4. The first kappa shape index (κ1) is 17.0. The molecule has 0 radical (unpaired) electrons. The molecule has 1 aliphatic rings. The summed E-state index contributed by atoms with van der Waals surface area (Å²) in [7, 11) is 0. The van der Waals surface area contributed by atoms with Crippen LogP contribution in [-0.2, 0) is 9.59 Å². The maximum absolute atomic E-state index is 11.6. The van der Waals surface area contributed by atoms with Gasteiger partial charge >= 0.3 is 11.9 Å². The summed E-state index contributed by atoms with van der Waals surface area (Å²) in [6, 6.07) is 0. The lowest BCUT2D eigenvalue weighted by Crippen LogP contribution is -2.51. The molecule has 0 saturated heterocycles. The Bertz CT molecular complexity index is 348. The van der Waals surface area contributed by atoms with Crippen molar-refractivity contribution in [2.75, 3.05) is 0 Å². The molecular formula is C16H28O4. The van der Waals surface area contributed by atoms with Crippen LogP contribution in [0.3, 0.4) is 0 Å². The van der Waals surface area contributed by atoms with E-state index >= 15 is 0 Å². The van der Waals surface area contributed by atoms with Crippen LogP contribution < -0.4 is 0 Å². The zero-order valence-electron chi connectivity index (χ0n) is 13.4. The maximum Gasteiger partial charge on any atom is 0.306 e. The maximum atomic E-state index is 11.6. The number of carbonyl (C=O) groups is 2. The summed E-state index contributed by atoms with van der Waals surface area (Å²) in [6.07, 6.45) is 0.918. The fourth-order valence-corrected chi connectivity index (χ4v) is 4.06. The van der Waals surface area contributed by atoms with Crippen molar-refractivity contribution in [2.24, 2.45) is 34.5 Å². The van der Waals surface area contributed by atoms with Gasteiger partial charge in [0.25, 0.3) is 0 Å². The van der Waals surface area contributed by atoms with Crippen molar-refractivity contribution in [3.8, 4) is 0 Å². The topological polar surface area (TPSA) is 74.6 Å². The first-order valence-corrected chi connectivity index (χ1v) is 7.33. The molecular weight excluding hydrogens is 256 g/mol. The monoisotopic (exact) mass is 284 g/mol. The zero-order chi connectivity index (χ0) is 15.9. The standard InChI is InChI=1S/C16H28O4/c1-15(2,3)11-9(13(17)18)7-8-10(14(19)20)12(11)16(4,5)6/h9-12H,7-8H2,1-6H3,(H,17,18)(H,19,20). The summed E-state index contributed by atoms with van der Waals surface area (Å²) in [6.45, 7) is 12.1. The molecule has 0 amide bonds. The van der Waals surface area contributed by atoms with E-state index in [-0.39, 0.29) is 22.7 Å². The SMILES string of the molecule is CC(C)(C)C1C(C(=O)O)CCC(C(=O)O)C1C(C)(C)C. The summed E-state index contributed by atoms with van der Waals surface area (Å²) in [5.74, 6) is -2.74. The molecule has 1 aliphatic carbocycles. The van der Waals surface area contributed by atoms with Gasteiger partial charge in [0.05, 0.1) is 11.8 Å². The molecule has 2 N–H and O–H groups in total. The second kappa shape index (κ2) is 5.38. The molecule has 0 aromatic rings. The lowest BCUT2D eigenvalue weighted by Gasteiger charge is -2.51. The van der Waals surface area contributed by atoms with Gasteiger partial charge in [-0.25, -0.2) is 0 Å². The number of rotatable bonds is 2. The molecule has 1 saturated carbocycles. The van der Waals surface area contributed by atoms with Gasteiger partial charge < -0.3 is 10.2 Å². The van der Waals surface area contributed by atoms with Crippen molar-refractivity contribution in [3.05, 3.63) is 0 Å². The van der Waals surface area contributed by atoms with Crippen LogP contribution in [-0.4, -0.2) is 22.2 Å². The van der Waals surface area contributed by atoms with Crippen LogP contribution in [0.25, 0.3) is 0 Å². The molecule has 4 unspecified atom stereocenters. The van der Waals surface area contributed by atoms with Gasteiger partial charge in [-0.2, -0.15) is 0 Å². The number of aliphatic carboxylic acids is 2. The highest BCUT2D eigenvalue weighted by Crippen LogP contribution is 2.54. The molecule has 0 aliphatic heterocycles. The first-order chi connectivity index (χ1) is 8.87. The molecule has 4 heteroatoms. The average molecular weight is 284 g/mol. The average Bonchev–Trinajstić information content (AvgIpc) is 2.24. The van der Waals surface area contributed by atoms with Gasteiger partial charge in [0.2, 0.25) is 0 Å². The Hall–Kier alpha value is -1.06. The van der Waals surface area contributed by atoms with Crippen molar-refractivity contribution >= 4 is 11.9 Å². The third-order valence-corrected chi connectivity index (χ3v) is 4.68. The largest absolute Gasteiger partial charge is 0.481 e. The molecule has 4 atom stereocenters. The number of carboxylic acid groups (broad SMARTS) is 2. The third kappa shape index (κ3) is 3.33. The van der Waals surface area contributed by atoms with Crippen molar-refractivity contribution < 1.29 is 19.8 Å². The van der Waals surface area contributed by atoms with Crippen LogP contribution in [0, 0.1) is 34.5 Å². The van der Waals surface area contributed by atoms with E-state index in [2.05, 4.69) is 0 Å². The second-order valence-corrected chi connectivity index (χ2v) is 8.25. The molecule has 1 rings (SSSR count). The fraction of sp³-hybridized carbons (Fsp3) is 0.875. The number of hydrogen-bond donors (Lipinski definition) is 2. The molecule has 0 aromatic heterocycles. The summed E-state index contributed by atoms with van der Waals surface area (Å²) < 4.78 is 0. The molecule has 0 spiro atoms. The van der Waals surface area contributed by atoms with Gasteiger partial charge in [-0.05, 0) is 35.5 Å². The van der Waals surface area contributed by atoms with E-state index in [4.69, 9.17) is 0 Å². The minimum atomic E-state index is -0.789. The lowest BCUT2D eigenvalue weighted by molar-refractivity contribution is -0.164. The summed E-state index contributed by atoms with van der Waals surface area (Å²) in [4.78, 5) is 23.2. The van der Waals surface area contributed by atoms with Gasteiger partial charge in [0.1, 0.15) is 0 Å². The Balaban J connectivity index is 3.34. The predicted molar refractivity (Wildman–Crippen MR) is 77.4 cm³/mol. The van der Waals surface area contributed by atoms with Gasteiger partial charge in [-0.1, -0.05) is 41.5 Å². The van der Waals surface area contributed by atoms with Gasteiger partial charge in [0.15, 0.2) is 0 Å². The third-order valence-electron chi connectivity index (χ3n) is 4.68. The van der Waals surface area contributed by atoms with Crippen molar-refractivity contribution in [2.45, 2.75) is 54.4 Å². The van der Waals surface area contributed by atoms with Gasteiger partial charge in [-0.15, -0.1) is 0 Å². The van der Waals surface area contributed by atoms with E-state index in [1.54, 1.807) is 0 Å². The van der Waals surface area contributed by atoms with Crippen LogP contribution in [0.5, 0.6) is 0 Å². The highest BCUT2D eigenvalue weighted by atomic mass is 16.4. The Kier molecular flexibility index (Phi) is 4.57. The molecule has 20 heavy (non-hydrogen) atoms. The Morgan fingerprint density at radius 3 is 1.15 bits per heavy atom. The first-order valence-electron chi connectivity index (χ1n) is 7.33. The summed E-state index contributed by atoms with van der Waals surface area (Å²) >= 11 is 0. The highest BCUT2D eigenvalue weighted by Gasteiger charge is 2.53. The van der Waals surface area contributed by atoms with Crippen LogP contribution >= 0.6 is 0 Å². The molecule has 116 valence electrons.